The maximum Gasteiger partial charge on any atom is 0.0404 e. The van der Waals surface area contributed by atoms with Crippen LogP contribution >= 0.6 is 0 Å². The van der Waals surface area contributed by atoms with Crippen molar-refractivity contribution in [3.05, 3.63) is 30.1 Å². The average Bonchev–Trinajstić information content (AvgIpc) is 2.30. The van der Waals surface area contributed by atoms with E-state index in [0.717, 1.165) is 12.3 Å². The van der Waals surface area contributed by atoms with E-state index in [-0.39, 0.29) is 0 Å². The van der Waals surface area contributed by atoms with Crippen LogP contribution in [-0.2, 0) is 6.42 Å². The molecule has 2 heterocycles. The van der Waals surface area contributed by atoms with Crippen molar-refractivity contribution in [2.45, 2.75) is 38.6 Å². The van der Waals surface area contributed by atoms with Crippen molar-refractivity contribution in [2.24, 2.45) is 5.92 Å². The molecule has 2 atom stereocenters. The van der Waals surface area contributed by atoms with Crippen LogP contribution in [-0.4, -0.2) is 17.6 Å². The van der Waals surface area contributed by atoms with Crippen molar-refractivity contribution in [1.82, 2.24) is 10.3 Å². The molecule has 0 bridgehead atoms. The number of piperidine rings is 1. The second kappa shape index (κ2) is 5.26. The monoisotopic (exact) mass is 204 g/mol. The molecular formula is C13H20N2. The number of aromatic nitrogens is 1. The predicted molar refractivity (Wildman–Crippen MR) is 62.7 cm³/mol. The Bertz CT molecular complexity index is 276. The largest absolute Gasteiger partial charge is 0.314 e. The maximum absolute atomic E-state index is 4.35. The third-order valence-corrected chi connectivity index (χ3v) is 3.24. The molecule has 0 aromatic carbocycles. The average molecular weight is 204 g/mol. The molecule has 2 nitrogen and oxygen atoms in total. The van der Waals surface area contributed by atoms with Gasteiger partial charge in [-0.25, -0.2) is 0 Å². The summed E-state index contributed by atoms with van der Waals surface area (Å²) in [7, 11) is 0. The molecule has 82 valence electrons. The standard InChI is InChI=1S/C13H20N2/c1-11-5-6-13(15-10-11)8-7-12-4-2-3-9-14-12/h2-4,9,11,13,15H,5-8,10H2,1H3/t11-,13-/m0/s1. The molecular weight excluding hydrogens is 184 g/mol. The first-order chi connectivity index (χ1) is 7.34. The van der Waals surface area contributed by atoms with E-state index in [2.05, 4.69) is 29.4 Å². The molecule has 15 heavy (non-hydrogen) atoms. The number of aryl methyl sites for hydroxylation is 1. The van der Waals surface area contributed by atoms with Crippen LogP contribution in [0.15, 0.2) is 24.4 Å². The lowest BCUT2D eigenvalue weighted by Crippen LogP contribution is -2.38. The zero-order chi connectivity index (χ0) is 10.5. The van der Waals surface area contributed by atoms with Gasteiger partial charge >= 0.3 is 0 Å². The SMILES string of the molecule is C[C@H]1CC[C@@H](CCc2ccccn2)NC1. The summed E-state index contributed by atoms with van der Waals surface area (Å²) in [6.45, 7) is 3.51. The highest BCUT2D eigenvalue weighted by Gasteiger charge is 2.16. The Hall–Kier alpha value is -0.890. The van der Waals surface area contributed by atoms with Crippen molar-refractivity contribution in [2.75, 3.05) is 6.54 Å². The van der Waals surface area contributed by atoms with Gasteiger partial charge in [0, 0.05) is 17.9 Å². The van der Waals surface area contributed by atoms with Crippen LogP contribution < -0.4 is 5.32 Å². The molecule has 0 radical (unpaired) electrons. The third-order valence-electron chi connectivity index (χ3n) is 3.24. The Labute approximate surface area is 92.1 Å². The van der Waals surface area contributed by atoms with Gasteiger partial charge in [-0.1, -0.05) is 13.0 Å². The Balaban J connectivity index is 1.74. The molecule has 1 N–H and O–H groups in total. The lowest BCUT2D eigenvalue weighted by atomic mass is 9.93. The van der Waals surface area contributed by atoms with Crippen LogP contribution in [0.4, 0.5) is 0 Å². The molecule has 0 amide bonds. The van der Waals surface area contributed by atoms with Gasteiger partial charge in [-0.15, -0.1) is 0 Å². The Morgan fingerprint density at radius 1 is 1.40 bits per heavy atom. The van der Waals surface area contributed by atoms with Crippen LogP contribution in [0.5, 0.6) is 0 Å². The summed E-state index contributed by atoms with van der Waals surface area (Å²) < 4.78 is 0. The summed E-state index contributed by atoms with van der Waals surface area (Å²) in [5, 5.41) is 3.61. The molecule has 1 saturated heterocycles. The molecule has 0 unspecified atom stereocenters. The van der Waals surface area contributed by atoms with Gasteiger partial charge in [-0.2, -0.15) is 0 Å². The fourth-order valence-corrected chi connectivity index (χ4v) is 2.17. The highest BCUT2D eigenvalue weighted by atomic mass is 14.9. The fourth-order valence-electron chi connectivity index (χ4n) is 2.17. The van der Waals surface area contributed by atoms with Crippen LogP contribution in [0.2, 0.25) is 0 Å². The van der Waals surface area contributed by atoms with E-state index in [1.54, 1.807) is 0 Å². The topological polar surface area (TPSA) is 24.9 Å². The summed E-state index contributed by atoms with van der Waals surface area (Å²) >= 11 is 0. The normalized spacial score (nSPS) is 26.5. The summed E-state index contributed by atoms with van der Waals surface area (Å²) in [6.07, 6.45) is 6.91. The van der Waals surface area contributed by atoms with E-state index in [0.29, 0.717) is 6.04 Å². The molecule has 1 aliphatic heterocycles. The van der Waals surface area contributed by atoms with E-state index in [4.69, 9.17) is 0 Å². The minimum absolute atomic E-state index is 0.711. The van der Waals surface area contributed by atoms with Crippen LogP contribution in [0, 0.1) is 5.92 Å². The number of nitrogens with one attached hydrogen (secondary N) is 1. The number of pyridine rings is 1. The van der Waals surface area contributed by atoms with Crippen molar-refractivity contribution in [1.29, 1.82) is 0 Å². The molecule has 1 fully saturated rings. The third kappa shape index (κ3) is 3.31. The van der Waals surface area contributed by atoms with Crippen molar-refractivity contribution < 1.29 is 0 Å². The second-order valence-electron chi connectivity index (χ2n) is 4.65. The molecule has 0 aliphatic carbocycles. The summed E-state index contributed by atoms with van der Waals surface area (Å²) in [5.74, 6) is 0.858. The molecule has 0 saturated carbocycles. The summed E-state index contributed by atoms with van der Waals surface area (Å²) in [6, 6.07) is 6.87. The van der Waals surface area contributed by atoms with E-state index >= 15 is 0 Å². The van der Waals surface area contributed by atoms with Gasteiger partial charge in [0.25, 0.3) is 0 Å². The number of hydrogen-bond donors (Lipinski definition) is 1. The van der Waals surface area contributed by atoms with Gasteiger partial charge in [-0.3, -0.25) is 4.98 Å². The zero-order valence-corrected chi connectivity index (χ0v) is 9.45. The van der Waals surface area contributed by atoms with Crippen molar-refractivity contribution in [3.8, 4) is 0 Å². The fraction of sp³-hybridized carbons (Fsp3) is 0.615. The molecule has 0 spiro atoms. The maximum atomic E-state index is 4.35. The smallest absolute Gasteiger partial charge is 0.0404 e. The molecule has 2 rings (SSSR count). The van der Waals surface area contributed by atoms with Gasteiger partial charge in [0.1, 0.15) is 0 Å². The van der Waals surface area contributed by atoms with E-state index < -0.39 is 0 Å². The van der Waals surface area contributed by atoms with Crippen LogP contribution in [0.3, 0.4) is 0 Å². The van der Waals surface area contributed by atoms with Crippen LogP contribution in [0.1, 0.15) is 31.9 Å². The second-order valence-corrected chi connectivity index (χ2v) is 4.65. The van der Waals surface area contributed by atoms with Gasteiger partial charge in [0.15, 0.2) is 0 Å². The molecule has 1 aromatic heterocycles. The lowest BCUT2D eigenvalue weighted by molar-refractivity contribution is 0.315. The van der Waals surface area contributed by atoms with E-state index in [1.807, 2.05) is 12.3 Å². The molecule has 2 heteroatoms. The minimum Gasteiger partial charge on any atom is -0.314 e. The van der Waals surface area contributed by atoms with Gasteiger partial charge in [0.05, 0.1) is 0 Å². The summed E-state index contributed by atoms with van der Waals surface area (Å²) in [5.41, 5.74) is 1.22. The Morgan fingerprint density at radius 3 is 3.00 bits per heavy atom. The molecule has 1 aromatic rings. The number of rotatable bonds is 3. The van der Waals surface area contributed by atoms with Gasteiger partial charge in [-0.05, 0) is 50.3 Å². The Morgan fingerprint density at radius 2 is 2.33 bits per heavy atom. The zero-order valence-electron chi connectivity index (χ0n) is 9.45. The quantitative estimate of drug-likeness (QED) is 0.818. The van der Waals surface area contributed by atoms with E-state index in [1.165, 1.54) is 31.5 Å². The minimum atomic E-state index is 0.711. The van der Waals surface area contributed by atoms with Crippen LogP contribution in [0.25, 0.3) is 0 Å². The number of hydrogen-bond acceptors (Lipinski definition) is 2. The highest BCUT2D eigenvalue weighted by Crippen LogP contribution is 2.16. The lowest BCUT2D eigenvalue weighted by Gasteiger charge is -2.27. The first kappa shape index (κ1) is 10.6. The van der Waals surface area contributed by atoms with Gasteiger partial charge in [0.2, 0.25) is 0 Å². The van der Waals surface area contributed by atoms with Crippen molar-refractivity contribution in [3.63, 3.8) is 0 Å². The van der Waals surface area contributed by atoms with Crippen molar-refractivity contribution >= 4 is 0 Å². The Kier molecular flexibility index (Phi) is 3.73. The first-order valence-electron chi connectivity index (χ1n) is 5.98. The number of nitrogens with zero attached hydrogens (tertiary/aromatic N) is 1. The summed E-state index contributed by atoms with van der Waals surface area (Å²) in [4.78, 5) is 4.35. The first-order valence-corrected chi connectivity index (χ1v) is 5.98. The predicted octanol–water partition coefficient (Wildman–Crippen LogP) is 2.40. The molecule has 1 aliphatic rings. The van der Waals surface area contributed by atoms with Gasteiger partial charge < -0.3 is 5.32 Å². The van der Waals surface area contributed by atoms with E-state index in [9.17, 15) is 0 Å². The highest BCUT2D eigenvalue weighted by molar-refractivity contribution is 5.03.